The van der Waals surface area contributed by atoms with Crippen molar-refractivity contribution in [2.45, 2.75) is 19.3 Å². The molecule has 0 aromatic heterocycles. The topological polar surface area (TPSA) is 34.1 Å². The molecule has 0 heterocycles. The van der Waals surface area contributed by atoms with Crippen LogP contribution in [-0.4, -0.2) is 11.6 Å². The third-order valence-electron chi connectivity index (χ3n) is 0.993. The van der Waals surface area contributed by atoms with Gasteiger partial charge in [-0.15, -0.1) is 12.8 Å². The van der Waals surface area contributed by atoms with E-state index in [9.17, 15) is 9.59 Å². The molecule has 0 unspecified atom stereocenters. The van der Waals surface area contributed by atoms with Gasteiger partial charge >= 0.3 is 0 Å². The summed E-state index contributed by atoms with van der Waals surface area (Å²) in [6.07, 6.45) is 9.60. The first-order valence-electron chi connectivity index (χ1n) is 3.11. The molecule has 11 heavy (non-hydrogen) atoms. The van der Waals surface area contributed by atoms with Crippen molar-refractivity contribution in [2.75, 3.05) is 0 Å². The van der Waals surface area contributed by atoms with Crippen molar-refractivity contribution in [3.8, 4) is 24.7 Å². The van der Waals surface area contributed by atoms with Crippen LogP contribution in [0.5, 0.6) is 0 Å². The van der Waals surface area contributed by atoms with Crippen LogP contribution < -0.4 is 0 Å². The molecular formula is C9H8O2. The Morgan fingerprint density at radius 1 is 1.00 bits per heavy atom. The first-order valence-corrected chi connectivity index (χ1v) is 3.11. The van der Waals surface area contributed by atoms with Gasteiger partial charge in [0.05, 0.1) is 19.3 Å². The normalized spacial score (nSPS) is 7.82. The lowest BCUT2D eigenvalue weighted by Gasteiger charge is -1.91. The molecule has 0 aliphatic carbocycles. The van der Waals surface area contributed by atoms with Gasteiger partial charge in [-0.05, 0) is 0 Å². The lowest BCUT2D eigenvalue weighted by atomic mass is 10.1. The summed E-state index contributed by atoms with van der Waals surface area (Å²) in [5.74, 6) is 3.84. The van der Waals surface area contributed by atoms with Crippen LogP contribution in [0.2, 0.25) is 0 Å². The van der Waals surface area contributed by atoms with Gasteiger partial charge in [0, 0.05) is 0 Å². The van der Waals surface area contributed by atoms with Crippen molar-refractivity contribution in [2.24, 2.45) is 0 Å². The predicted molar refractivity (Wildman–Crippen MR) is 41.5 cm³/mol. The highest BCUT2D eigenvalue weighted by molar-refractivity contribution is 6.00. The summed E-state index contributed by atoms with van der Waals surface area (Å²) < 4.78 is 0. The summed E-state index contributed by atoms with van der Waals surface area (Å²) in [6.45, 7) is 0. The highest BCUT2D eigenvalue weighted by Gasteiger charge is 2.05. The molecule has 2 heteroatoms. The van der Waals surface area contributed by atoms with Gasteiger partial charge in [0.2, 0.25) is 0 Å². The van der Waals surface area contributed by atoms with E-state index in [4.69, 9.17) is 12.8 Å². The maximum Gasteiger partial charge on any atom is 0.152 e. The van der Waals surface area contributed by atoms with E-state index in [0.717, 1.165) is 0 Å². The lowest BCUT2D eigenvalue weighted by molar-refractivity contribution is -0.125. The van der Waals surface area contributed by atoms with Crippen LogP contribution in [0.1, 0.15) is 19.3 Å². The minimum Gasteiger partial charge on any atom is -0.298 e. The van der Waals surface area contributed by atoms with E-state index < -0.39 is 0 Å². The fourth-order valence-electron chi connectivity index (χ4n) is 0.573. The summed E-state index contributed by atoms with van der Waals surface area (Å²) in [5, 5.41) is 0. The first-order chi connectivity index (χ1) is 5.20. The second-order valence-electron chi connectivity index (χ2n) is 2.02. The molecule has 0 rings (SSSR count). The Morgan fingerprint density at radius 3 is 1.64 bits per heavy atom. The molecule has 56 valence electrons. The smallest absolute Gasteiger partial charge is 0.152 e. The van der Waals surface area contributed by atoms with E-state index in [1.807, 2.05) is 0 Å². The molecule has 0 atom stereocenters. The Kier molecular flexibility index (Phi) is 4.52. The van der Waals surface area contributed by atoms with Crippen molar-refractivity contribution >= 4 is 11.6 Å². The molecular weight excluding hydrogens is 140 g/mol. The van der Waals surface area contributed by atoms with E-state index in [1.165, 1.54) is 0 Å². The number of hydrogen-bond donors (Lipinski definition) is 0. The van der Waals surface area contributed by atoms with E-state index in [0.29, 0.717) is 0 Å². The molecule has 0 aromatic carbocycles. The summed E-state index contributed by atoms with van der Waals surface area (Å²) in [6, 6.07) is 0. The molecule has 0 saturated carbocycles. The monoisotopic (exact) mass is 148 g/mol. The number of carbonyl (C=O) groups is 2. The molecule has 0 bridgehead atoms. The van der Waals surface area contributed by atoms with Crippen LogP contribution >= 0.6 is 0 Å². The number of ketones is 2. The van der Waals surface area contributed by atoms with Gasteiger partial charge in [0.1, 0.15) is 0 Å². The van der Waals surface area contributed by atoms with Gasteiger partial charge in [0.25, 0.3) is 0 Å². The van der Waals surface area contributed by atoms with Gasteiger partial charge in [-0.2, -0.15) is 0 Å². The Labute approximate surface area is 66.0 Å². The number of rotatable bonds is 4. The molecule has 0 aliphatic rings. The molecule has 0 spiro atoms. The molecule has 0 amide bonds. The fraction of sp³-hybridized carbons (Fsp3) is 0.333. The SMILES string of the molecule is C#CCC(=O)CC(=O)CC#C. The average molecular weight is 148 g/mol. The van der Waals surface area contributed by atoms with Crippen LogP contribution in [0.15, 0.2) is 0 Å². The maximum absolute atomic E-state index is 10.7. The Bertz CT molecular complexity index is 211. The third kappa shape index (κ3) is 4.93. The van der Waals surface area contributed by atoms with Crippen LogP contribution in [0.25, 0.3) is 0 Å². The zero-order valence-electron chi connectivity index (χ0n) is 6.09. The summed E-state index contributed by atoms with van der Waals surface area (Å²) >= 11 is 0. The molecule has 0 aliphatic heterocycles. The lowest BCUT2D eigenvalue weighted by Crippen LogP contribution is -2.05. The largest absolute Gasteiger partial charge is 0.298 e. The summed E-state index contributed by atoms with van der Waals surface area (Å²) in [5.41, 5.74) is 0. The van der Waals surface area contributed by atoms with Crippen LogP contribution in [-0.2, 0) is 9.59 Å². The highest BCUT2D eigenvalue weighted by atomic mass is 16.1. The summed E-state index contributed by atoms with van der Waals surface area (Å²) in [7, 11) is 0. The minimum absolute atomic E-state index is 0.0102. The molecule has 0 N–H and O–H groups in total. The van der Waals surface area contributed by atoms with Crippen LogP contribution in [0.4, 0.5) is 0 Å². The van der Waals surface area contributed by atoms with Crippen molar-refractivity contribution in [1.29, 1.82) is 0 Å². The second kappa shape index (κ2) is 5.26. The Hall–Kier alpha value is -1.54. The van der Waals surface area contributed by atoms with Crippen molar-refractivity contribution in [3.63, 3.8) is 0 Å². The van der Waals surface area contributed by atoms with Crippen molar-refractivity contribution in [3.05, 3.63) is 0 Å². The predicted octanol–water partition coefficient (Wildman–Crippen LogP) is 0.561. The minimum atomic E-state index is -0.243. The van der Waals surface area contributed by atoms with E-state index >= 15 is 0 Å². The molecule has 2 nitrogen and oxygen atoms in total. The quantitative estimate of drug-likeness (QED) is 0.431. The van der Waals surface area contributed by atoms with Gasteiger partial charge < -0.3 is 0 Å². The van der Waals surface area contributed by atoms with Gasteiger partial charge in [-0.25, -0.2) is 0 Å². The number of Topliss-reactive ketones (excluding diaryl/α,β-unsaturated/α-hetero) is 2. The third-order valence-corrected chi connectivity index (χ3v) is 0.993. The zero-order valence-corrected chi connectivity index (χ0v) is 6.09. The van der Waals surface area contributed by atoms with E-state index in [2.05, 4.69) is 11.8 Å². The molecule has 0 fully saturated rings. The van der Waals surface area contributed by atoms with Gasteiger partial charge in [0.15, 0.2) is 11.6 Å². The van der Waals surface area contributed by atoms with E-state index in [-0.39, 0.29) is 30.8 Å². The van der Waals surface area contributed by atoms with E-state index in [1.54, 1.807) is 0 Å². The highest BCUT2D eigenvalue weighted by Crippen LogP contribution is 1.93. The molecule has 0 radical (unpaired) electrons. The Balaban J connectivity index is 3.71. The van der Waals surface area contributed by atoms with Crippen LogP contribution in [0.3, 0.4) is 0 Å². The number of hydrogen-bond acceptors (Lipinski definition) is 2. The summed E-state index contributed by atoms with van der Waals surface area (Å²) in [4.78, 5) is 21.4. The zero-order chi connectivity index (χ0) is 8.69. The fourth-order valence-corrected chi connectivity index (χ4v) is 0.573. The van der Waals surface area contributed by atoms with Crippen LogP contribution in [0, 0.1) is 24.7 Å². The van der Waals surface area contributed by atoms with Gasteiger partial charge in [-0.3, -0.25) is 9.59 Å². The average Bonchev–Trinajstić information content (AvgIpc) is 1.87. The Morgan fingerprint density at radius 2 is 1.36 bits per heavy atom. The van der Waals surface area contributed by atoms with Crippen molar-refractivity contribution in [1.82, 2.24) is 0 Å². The second-order valence-corrected chi connectivity index (χ2v) is 2.02. The number of terminal acetylenes is 2. The van der Waals surface area contributed by atoms with Crippen molar-refractivity contribution < 1.29 is 9.59 Å². The molecule has 0 aromatic rings. The maximum atomic E-state index is 10.7. The molecule has 0 saturated heterocycles. The standard InChI is InChI=1S/C9H8O2/c1-3-5-8(10)7-9(11)6-4-2/h1-2H,5-7H2. The first kappa shape index (κ1) is 9.46. The van der Waals surface area contributed by atoms with Gasteiger partial charge in [-0.1, -0.05) is 11.8 Å². The number of carbonyl (C=O) groups excluding carboxylic acids is 2.